The minimum Gasteiger partial charge on any atom is -0.362 e. The highest BCUT2D eigenvalue weighted by molar-refractivity contribution is 6.31. The Morgan fingerprint density at radius 3 is 2.70 bits per heavy atom. The molecule has 3 saturated heterocycles. The van der Waals surface area contributed by atoms with E-state index in [-0.39, 0.29) is 34.6 Å². The minimum absolute atomic E-state index is 0. The van der Waals surface area contributed by atoms with E-state index in [1.807, 2.05) is 0 Å². The van der Waals surface area contributed by atoms with Crippen LogP contribution in [0, 0.1) is 11.7 Å². The van der Waals surface area contributed by atoms with Crippen molar-refractivity contribution in [3.8, 4) is 0 Å². The smallest absolute Gasteiger partial charge is 0.206 e. The summed E-state index contributed by atoms with van der Waals surface area (Å²) in [5.41, 5.74) is 0.173. The van der Waals surface area contributed by atoms with Crippen molar-refractivity contribution in [1.29, 1.82) is 0 Å². The molecule has 1 aromatic carbocycles. The van der Waals surface area contributed by atoms with Crippen molar-refractivity contribution in [3.63, 3.8) is 0 Å². The van der Waals surface area contributed by atoms with Crippen LogP contribution in [-0.4, -0.2) is 34.7 Å². The normalized spacial score (nSPS) is 28.6. The monoisotopic (exact) mass is 359 g/mol. The maximum absolute atomic E-state index is 14.0. The molecule has 3 fully saturated rings. The first kappa shape index (κ1) is 16.8. The van der Waals surface area contributed by atoms with Crippen LogP contribution in [0.4, 0.5) is 10.2 Å². The summed E-state index contributed by atoms with van der Waals surface area (Å²) in [4.78, 5) is 2.52. The molecule has 1 aromatic heterocycles. The van der Waals surface area contributed by atoms with Gasteiger partial charge in [-0.05, 0) is 57.8 Å². The van der Waals surface area contributed by atoms with Crippen molar-refractivity contribution in [2.45, 2.75) is 38.3 Å². The first-order chi connectivity index (χ1) is 10.5. The molecule has 23 heavy (non-hydrogen) atoms. The number of aromatic nitrogens is 1. The highest BCUT2D eigenvalue weighted by atomic mass is 35.5. The van der Waals surface area contributed by atoms with E-state index in [9.17, 15) is 4.39 Å². The minimum atomic E-state index is -0.548. The van der Waals surface area contributed by atoms with Crippen molar-refractivity contribution in [3.05, 3.63) is 23.0 Å². The number of halogens is 3. The molecule has 3 aliphatic rings. The molecule has 0 aliphatic carbocycles. The van der Waals surface area contributed by atoms with E-state index in [1.54, 1.807) is 12.1 Å². The Morgan fingerprint density at radius 2 is 2.04 bits per heavy atom. The van der Waals surface area contributed by atoms with E-state index in [0.717, 1.165) is 13.1 Å². The Hall–Kier alpha value is -1.04. The van der Waals surface area contributed by atoms with Crippen LogP contribution < -0.4 is 5.32 Å². The fourth-order valence-corrected chi connectivity index (χ4v) is 4.23. The van der Waals surface area contributed by atoms with E-state index >= 15 is 0 Å². The summed E-state index contributed by atoms with van der Waals surface area (Å²) in [6, 6.07) is 3.58. The van der Waals surface area contributed by atoms with Crippen LogP contribution in [0.1, 0.15) is 26.7 Å². The Bertz CT molecular complexity index is 725. The van der Waals surface area contributed by atoms with Gasteiger partial charge in [-0.3, -0.25) is 4.90 Å². The summed E-state index contributed by atoms with van der Waals surface area (Å²) in [7, 11) is 0. The zero-order valence-electron chi connectivity index (χ0n) is 13.1. The molecular weight excluding hydrogens is 340 g/mol. The van der Waals surface area contributed by atoms with E-state index < -0.39 is 5.82 Å². The quantitative estimate of drug-likeness (QED) is 0.866. The van der Waals surface area contributed by atoms with Crippen molar-refractivity contribution in [2.24, 2.45) is 5.92 Å². The second-order valence-corrected chi connectivity index (χ2v) is 7.28. The first-order valence-corrected chi connectivity index (χ1v) is 8.11. The molecule has 2 bridgehead atoms. The second-order valence-electron chi connectivity index (χ2n) is 6.87. The average Bonchev–Trinajstić information content (AvgIpc) is 2.91. The summed E-state index contributed by atoms with van der Waals surface area (Å²) in [5, 5.41) is 8.25. The van der Waals surface area contributed by atoms with Crippen LogP contribution in [0.2, 0.25) is 5.02 Å². The van der Waals surface area contributed by atoms with Gasteiger partial charge in [-0.2, -0.15) is 0 Å². The molecule has 4 heterocycles. The Kier molecular flexibility index (Phi) is 4.23. The molecule has 0 radical (unpaired) electrons. The van der Waals surface area contributed by atoms with Gasteiger partial charge < -0.3 is 9.84 Å². The average molecular weight is 360 g/mol. The molecule has 0 amide bonds. The van der Waals surface area contributed by atoms with Gasteiger partial charge in [0.05, 0.1) is 10.4 Å². The second kappa shape index (κ2) is 5.80. The predicted octanol–water partition coefficient (Wildman–Crippen LogP) is 4.33. The lowest BCUT2D eigenvalue weighted by Gasteiger charge is -2.56. The molecule has 2 aromatic rings. The van der Waals surface area contributed by atoms with Crippen molar-refractivity contribution >= 4 is 40.8 Å². The molecule has 4 nitrogen and oxygen atoms in total. The number of anilines is 1. The molecule has 1 N–H and O–H groups in total. The van der Waals surface area contributed by atoms with E-state index in [1.165, 1.54) is 12.8 Å². The number of hydrogen-bond donors (Lipinski definition) is 1. The summed E-state index contributed by atoms with van der Waals surface area (Å²) in [6.07, 6.45) is 2.38. The van der Waals surface area contributed by atoms with Gasteiger partial charge in [-0.1, -0.05) is 16.8 Å². The molecule has 5 rings (SSSR count). The fraction of sp³-hybridized carbons (Fsp3) is 0.562. The van der Waals surface area contributed by atoms with Gasteiger partial charge in [0.25, 0.3) is 0 Å². The third-order valence-corrected chi connectivity index (χ3v) is 5.70. The lowest BCUT2D eigenvalue weighted by atomic mass is 9.72. The van der Waals surface area contributed by atoms with Crippen LogP contribution in [0.15, 0.2) is 16.7 Å². The van der Waals surface area contributed by atoms with Crippen LogP contribution in [0.25, 0.3) is 11.0 Å². The van der Waals surface area contributed by atoms with E-state index in [0.29, 0.717) is 17.1 Å². The zero-order chi connectivity index (χ0) is 15.5. The van der Waals surface area contributed by atoms with Crippen molar-refractivity contribution in [2.75, 3.05) is 18.4 Å². The number of fused-ring (bicyclic) bond motifs is 4. The maximum atomic E-state index is 14.0. The van der Waals surface area contributed by atoms with Gasteiger partial charge in [0.1, 0.15) is 0 Å². The summed E-state index contributed by atoms with van der Waals surface area (Å²) >= 11 is 5.80. The highest BCUT2D eigenvalue weighted by Crippen LogP contribution is 2.41. The lowest BCUT2D eigenvalue weighted by molar-refractivity contribution is -0.0189. The van der Waals surface area contributed by atoms with Crippen molar-refractivity contribution < 1.29 is 8.91 Å². The van der Waals surface area contributed by atoms with Crippen LogP contribution in [0.5, 0.6) is 0 Å². The molecule has 3 aliphatic heterocycles. The first-order valence-electron chi connectivity index (χ1n) is 7.73. The summed E-state index contributed by atoms with van der Waals surface area (Å²) < 4.78 is 19.2. The Balaban J connectivity index is 0.00000156. The number of nitrogens with one attached hydrogen (secondary N) is 1. The van der Waals surface area contributed by atoms with Gasteiger partial charge in [0, 0.05) is 11.6 Å². The summed E-state index contributed by atoms with van der Waals surface area (Å²) in [5.74, 6) is 0.675. The standard InChI is InChI=1S/C16H19ClFN3O.ClH/c1-16(2)14(9-5-7-21(16)8-6-9)19-15-10-3-4-11(17)12(18)13(10)22-20-15;/h3-4,9,14H,5-8H2,1-2H3,(H,19,20);1H. The van der Waals surface area contributed by atoms with Gasteiger partial charge in [0.2, 0.25) is 5.58 Å². The van der Waals surface area contributed by atoms with E-state index in [4.69, 9.17) is 16.1 Å². The van der Waals surface area contributed by atoms with Crippen LogP contribution in [-0.2, 0) is 0 Å². The number of benzene rings is 1. The molecule has 7 heteroatoms. The number of piperidine rings is 3. The highest BCUT2D eigenvalue weighted by Gasteiger charge is 2.47. The molecule has 126 valence electrons. The van der Waals surface area contributed by atoms with E-state index in [2.05, 4.69) is 29.2 Å². The van der Waals surface area contributed by atoms with Gasteiger partial charge in [0.15, 0.2) is 11.6 Å². The number of nitrogens with zero attached hydrogens (tertiary/aromatic N) is 2. The van der Waals surface area contributed by atoms with Gasteiger partial charge in [-0.25, -0.2) is 4.39 Å². The third kappa shape index (κ3) is 2.49. The molecule has 1 atom stereocenters. The van der Waals surface area contributed by atoms with Gasteiger partial charge >= 0.3 is 0 Å². The predicted molar refractivity (Wildman–Crippen MR) is 92.0 cm³/mol. The SMILES string of the molecule is CC1(C)C(Nc2noc3c(F)c(Cl)ccc23)C2CCN1CC2.Cl. The molecule has 0 saturated carbocycles. The van der Waals surface area contributed by atoms with Crippen molar-refractivity contribution in [1.82, 2.24) is 10.1 Å². The Labute approximate surface area is 145 Å². The van der Waals surface area contributed by atoms with Crippen LogP contribution >= 0.6 is 24.0 Å². The molecule has 0 spiro atoms. The zero-order valence-corrected chi connectivity index (χ0v) is 14.7. The number of hydrogen-bond acceptors (Lipinski definition) is 4. The third-order valence-electron chi connectivity index (χ3n) is 5.41. The van der Waals surface area contributed by atoms with Crippen LogP contribution in [0.3, 0.4) is 0 Å². The topological polar surface area (TPSA) is 41.3 Å². The van der Waals surface area contributed by atoms with Gasteiger partial charge in [-0.15, -0.1) is 12.4 Å². The molecular formula is C16H20Cl2FN3O. The maximum Gasteiger partial charge on any atom is 0.206 e. The fourth-order valence-electron chi connectivity index (χ4n) is 4.08. The largest absolute Gasteiger partial charge is 0.362 e. The Morgan fingerprint density at radius 1 is 1.35 bits per heavy atom. The summed E-state index contributed by atoms with van der Waals surface area (Å²) in [6.45, 7) is 6.82. The lowest BCUT2D eigenvalue weighted by Crippen LogP contribution is -2.66. The number of rotatable bonds is 2. The molecule has 1 unspecified atom stereocenters.